The van der Waals surface area contributed by atoms with Crippen LogP contribution in [0.2, 0.25) is 0 Å². The second kappa shape index (κ2) is 6.89. The van der Waals surface area contributed by atoms with Gasteiger partial charge in [-0.15, -0.1) is 0 Å². The number of rotatable bonds is 5. The number of aryl methyl sites for hydroxylation is 1. The molecule has 5 nitrogen and oxygen atoms in total. The Hall–Kier alpha value is -2.95. The van der Waals surface area contributed by atoms with Gasteiger partial charge in [-0.2, -0.15) is 10.1 Å². The van der Waals surface area contributed by atoms with Gasteiger partial charge in [0.1, 0.15) is 11.7 Å². The van der Waals surface area contributed by atoms with Crippen molar-refractivity contribution in [3.05, 3.63) is 59.7 Å². The summed E-state index contributed by atoms with van der Waals surface area (Å²) in [5.74, 6) is -0.744. The number of hydrogen-bond donors (Lipinski definition) is 0. The molecule has 2 aromatic rings. The number of ether oxygens (including phenoxy) is 1. The number of hydrazone groups is 1. The molecule has 0 aromatic heterocycles. The third-order valence-corrected chi connectivity index (χ3v) is 4.12. The van der Waals surface area contributed by atoms with Crippen molar-refractivity contribution in [1.82, 2.24) is 0 Å². The first-order valence-corrected chi connectivity index (χ1v) is 8.24. The molecule has 0 saturated heterocycles. The van der Waals surface area contributed by atoms with Gasteiger partial charge in [-0.05, 0) is 57.2 Å². The Morgan fingerprint density at radius 3 is 2.32 bits per heavy atom. The molecular weight excluding hydrogens is 316 g/mol. The zero-order valence-electron chi connectivity index (χ0n) is 14.5. The molecule has 25 heavy (non-hydrogen) atoms. The minimum atomic E-state index is -0.876. The molecule has 1 amide bonds. The van der Waals surface area contributed by atoms with Crippen LogP contribution < -0.4 is 9.75 Å². The molecule has 0 spiro atoms. The minimum absolute atomic E-state index is 0.246. The van der Waals surface area contributed by atoms with E-state index in [-0.39, 0.29) is 11.7 Å². The highest BCUT2D eigenvalue weighted by Crippen LogP contribution is 2.27. The number of carbonyl (C=O) groups is 2. The number of Topliss-reactive ketones (excluding diaryl/α,β-unsaturated/α-hetero) is 1. The average Bonchev–Trinajstić information content (AvgIpc) is 2.90. The van der Waals surface area contributed by atoms with E-state index >= 15 is 0 Å². The molecule has 0 saturated carbocycles. The first kappa shape index (κ1) is 16.9. The van der Waals surface area contributed by atoms with Crippen LogP contribution in [-0.2, 0) is 4.79 Å². The number of benzene rings is 2. The van der Waals surface area contributed by atoms with Crippen LogP contribution in [0.15, 0.2) is 53.6 Å². The van der Waals surface area contributed by atoms with Gasteiger partial charge >= 0.3 is 0 Å². The molecule has 128 valence electrons. The molecule has 0 N–H and O–H groups in total. The summed E-state index contributed by atoms with van der Waals surface area (Å²) >= 11 is 0. The Kier molecular flexibility index (Phi) is 4.65. The number of hydrogen-bond acceptors (Lipinski definition) is 4. The Morgan fingerprint density at radius 2 is 1.72 bits per heavy atom. The highest BCUT2D eigenvalue weighted by molar-refractivity contribution is 6.30. The zero-order chi connectivity index (χ0) is 18.0. The summed E-state index contributed by atoms with van der Waals surface area (Å²) in [6, 6.07) is 14.3. The summed E-state index contributed by atoms with van der Waals surface area (Å²) in [7, 11) is 0. The van der Waals surface area contributed by atoms with Crippen molar-refractivity contribution in [2.75, 3.05) is 11.6 Å². The van der Waals surface area contributed by atoms with Crippen molar-refractivity contribution < 1.29 is 14.3 Å². The van der Waals surface area contributed by atoms with Gasteiger partial charge in [0.2, 0.25) is 0 Å². The summed E-state index contributed by atoms with van der Waals surface area (Å²) in [4.78, 5) is 25.6. The standard InChI is InChI=1S/C20H20N2O3/c1-4-25-17-11-7-15(8-12-17)19(23)18-14(3)21-22(20(18)24)16-9-5-13(2)6-10-16/h5-12,18H,4H2,1-3H3. The first-order valence-electron chi connectivity index (χ1n) is 8.24. The highest BCUT2D eigenvalue weighted by atomic mass is 16.5. The van der Waals surface area contributed by atoms with Crippen LogP contribution in [0.3, 0.4) is 0 Å². The fraction of sp³-hybridized carbons (Fsp3) is 0.250. The maximum atomic E-state index is 12.8. The van der Waals surface area contributed by atoms with Crippen LogP contribution in [0.25, 0.3) is 0 Å². The van der Waals surface area contributed by atoms with E-state index in [0.29, 0.717) is 29.3 Å². The Bertz CT molecular complexity index is 823. The van der Waals surface area contributed by atoms with Crippen molar-refractivity contribution in [1.29, 1.82) is 0 Å². The van der Waals surface area contributed by atoms with Crippen LogP contribution in [-0.4, -0.2) is 24.0 Å². The van der Waals surface area contributed by atoms with Gasteiger partial charge < -0.3 is 4.74 Å². The molecule has 0 fully saturated rings. The van der Waals surface area contributed by atoms with Crippen LogP contribution in [0, 0.1) is 12.8 Å². The van der Waals surface area contributed by atoms with Crippen molar-refractivity contribution in [2.45, 2.75) is 20.8 Å². The van der Waals surface area contributed by atoms with Gasteiger partial charge in [0.15, 0.2) is 5.78 Å². The topological polar surface area (TPSA) is 59.0 Å². The predicted octanol–water partition coefficient (Wildman–Crippen LogP) is 3.62. The largest absolute Gasteiger partial charge is 0.494 e. The number of nitrogens with zero attached hydrogens (tertiary/aromatic N) is 2. The van der Waals surface area contributed by atoms with Crippen molar-refractivity contribution in [3.63, 3.8) is 0 Å². The van der Waals surface area contributed by atoms with E-state index in [1.165, 1.54) is 5.01 Å². The molecule has 0 radical (unpaired) electrons. The van der Waals surface area contributed by atoms with Crippen molar-refractivity contribution >= 4 is 23.1 Å². The van der Waals surface area contributed by atoms with Gasteiger partial charge in [-0.3, -0.25) is 9.59 Å². The molecule has 2 aromatic carbocycles. The van der Waals surface area contributed by atoms with E-state index in [0.717, 1.165) is 5.56 Å². The minimum Gasteiger partial charge on any atom is -0.494 e. The molecule has 3 rings (SSSR count). The van der Waals surface area contributed by atoms with Gasteiger partial charge in [-0.1, -0.05) is 17.7 Å². The lowest BCUT2D eigenvalue weighted by Crippen LogP contribution is -2.32. The van der Waals surface area contributed by atoms with Crippen LogP contribution in [0.4, 0.5) is 5.69 Å². The number of ketones is 1. The second-order valence-corrected chi connectivity index (χ2v) is 5.98. The number of carbonyl (C=O) groups excluding carboxylic acids is 2. The fourth-order valence-corrected chi connectivity index (χ4v) is 2.79. The van der Waals surface area contributed by atoms with E-state index < -0.39 is 5.92 Å². The van der Waals surface area contributed by atoms with Crippen molar-refractivity contribution in [2.24, 2.45) is 11.0 Å². The summed E-state index contributed by atoms with van der Waals surface area (Å²) in [5, 5.41) is 5.61. The predicted molar refractivity (Wildman–Crippen MR) is 97.2 cm³/mol. The Morgan fingerprint density at radius 1 is 1.08 bits per heavy atom. The smallest absolute Gasteiger partial charge is 0.264 e. The van der Waals surface area contributed by atoms with Crippen molar-refractivity contribution in [3.8, 4) is 5.75 Å². The quantitative estimate of drug-likeness (QED) is 0.619. The molecule has 1 atom stereocenters. The van der Waals surface area contributed by atoms with E-state index in [2.05, 4.69) is 5.10 Å². The molecular formula is C20H20N2O3. The molecule has 1 heterocycles. The Balaban J connectivity index is 1.83. The summed E-state index contributed by atoms with van der Waals surface area (Å²) in [5.41, 5.74) is 2.74. The second-order valence-electron chi connectivity index (χ2n) is 5.98. The number of anilines is 1. The zero-order valence-corrected chi connectivity index (χ0v) is 14.5. The van der Waals surface area contributed by atoms with Gasteiger partial charge in [0.05, 0.1) is 18.0 Å². The lowest BCUT2D eigenvalue weighted by molar-refractivity contribution is -0.118. The molecule has 0 bridgehead atoms. The Labute approximate surface area is 146 Å². The monoisotopic (exact) mass is 336 g/mol. The normalized spacial score (nSPS) is 16.8. The summed E-state index contributed by atoms with van der Waals surface area (Å²) < 4.78 is 5.38. The molecule has 5 heteroatoms. The first-order chi connectivity index (χ1) is 12.0. The molecule has 0 aliphatic carbocycles. The number of amides is 1. The third kappa shape index (κ3) is 3.31. The lowest BCUT2D eigenvalue weighted by Gasteiger charge is -2.14. The van der Waals surface area contributed by atoms with Crippen LogP contribution in [0.5, 0.6) is 5.75 Å². The molecule has 1 aliphatic heterocycles. The van der Waals surface area contributed by atoms with Gasteiger partial charge in [-0.25, -0.2) is 0 Å². The van der Waals surface area contributed by atoms with Gasteiger partial charge in [0, 0.05) is 5.56 Å². The maximum absolute atomic E-state index is 12.8. The van der Waals surface area contributed by atoms with E-state index in [9.17, 15) is 9.59 Å². The highest BCUT2D eigenvalue weighted by Gasteiger charge is 2.39. The summed E-state index contributed by atoms with van der Waals surface area (Å²) in [6.45, 7) is 6.15. The molecule has 1 aliphatic rings. The third-order valence-electron chi connectivity index (χ3n) is 4.12. The van der Waals surface area contributed by atoms with E-state index in [1.807, 2.05) is 38.1 Å². The fourth-order valence-electron chi connectivity index (χ4n) is 2.79. The average molecular weight is 336 g/mol. The van der Waals surface area contributed by atoms with Crippen LogP contribution >= 0.6 is 0 Å². The maximum Gasteiger partial charge on any atom is 0.264 e. The van der Waals surface area contributed by atoms with E-state index in [1.54, 1.807) is 31.2 Å². The SMILES string of the molecule is CCOc1ccc(C(=O)C2C(=O)N(c3ccc(C)cc3)N=C2C)cc1. The summed E-state index contributed by atoms with van der Waals surface area (Å²) in [6.07, 6.45) is 0. The lowest BCUT2D eigenvalue weighted by atomic mass is 9.93. The van der Waals surface area contributed by atoms with Gasteiger partial charge in [0.25, 0.3) is 5.91 Å². The van der Waals surface area contributed by atoms with Crippen LogP contribution in [0.1, 0.15) is 29.8 Å². The molecule has 1 unspecified atom stereocenters. The van der Waals surface area contributed by atoms with E-state index in [4.69, 9.17) is 4.74 Å².